The lowest BCUT2D eigenvalue weighted by molar-refractivity contribution is -0.139. The molecule has 1 aliphatic rings. The van der Waals surface area contributed by atoms with E-state index in [4.69, 9.17) is 14.2 Å². The van der Waals surface area contributed by atoms with Crippen molar-refractivity contribution in [3.63, 3.8) is 0 Å². The second-order valence-corrected chi connectivity index (χ2v) is 9.01. The van der Waals surface area contributed by atoms with Crippen LogP contribution >= 0.6 is 11.3 Å². The van der Waals surface area contributed by atoms with Gasteiger partial charge in [0.2, 0.25) is 0 Å². The molecule has 8 heteroatoms. The van der Waals surface area contributed by atoms with Gasteiger partial charge < -0.3 is 14.2 Å². The third kappa shape index (κ3) is 4.66. The number of ether oxygens (including phenoxy) is 3. The number of aromatic nitrogens is 1. The number of nitrogens with zero attached hydrogens (tertiary/aromatic N) is 2. The maximum Gasteiger partial charge on any atom is 0.338 e. The summed E-state index contributed by atoms with van der Waals surface area (Å²) in [5.41, 5.74) is 3.18. The number of allylic oxidation sites excluding steroid dienone is 1. The van der Waals surface area contributed by atoms with Gasteiger partial charge >= 0.3 is 5.97 Å². The standard InChI is InChI=1S/C27H28N2O5S/c1-6-33-21-11-9-8-10-19(21)24-23(26(31)34-7-2)17(4)28-27-29(24)25(30)22(35-27)15-18-12-13-20(32-5)16(3)14-18/h8-15,24H,6-7H2,1-5H3. The molecule has 1 aliphatic heterocycles. The molecule has 7 nitrogen and oxygen atoms in total. The monoisotopic (exact) mass is 492 g/mol. The summed E-state index contributed by atoms with van der Waals surface area (Å²) in [7, 11) is 1.63. The Morgan fingerprint density at radius 1 is 1.11 bits per heavy atom. The number of carbonyl (C=O) groups excluding carboxylic acids is 1. The summed E-state index contributed by atoms with van der Waals surface area (Å²) in [5.74, 6) is 0.896. The number of esters is 1. The summed E-state index contributed by atoms with van der Waals surface area (Å²) in [5, 5.41) is 0. The molecule has 3 aromatic rings. The lowest BCUT2D eigenvalue weighted by Crippen LogP contribution is -2.40. The first kappa shape index (κ1) is 24.5. The third-order valence-corrected chi connectivity index (χ3v) is 6.73. The largest absolute Gasteiger partial charge is 0.496 e. The molecule has 1 aromatic heterocycles. The minimum atomic E-state index is -0.715. The zero-order valence-electron chi connectivity index (χ0n) is 20.5. The van der Waals surface area contributed by atoms with Crippen LogP contribution in [-0.4, -0.2) is 30.9 Å². The molecular weight excluding hydrogens is 464 g/mol. The van der Waals surface area contributed by atoms with E-state index >= 15 is 0 Å². The van der Waals surface area contributed by atoms with Crippen LogP contribution in [0.2, 0.25) is 0 Å². The number of hydrogen-bond acceptors (Lipinski definition) is 7. The molecule has 2 heterocycles. The molecule has 0 bridgehead atoms. The molecule has 182 valence electrons. The van der Waals surface area contributed by atoms with Gasteiger partial charge in [-0.15, -0.1) is 0 Å². The highest BCUT2D eigenvalue weighted by Crippen LogP contribution is 2.35. The normalized spacial score (nSPS) is 15.5. The first-order valence-corrected chi connectivity index (χ1v) is 12.3. The number of para-hydroxylation sites is 1. The number of fused-ring (bicyclic) bond motifs is 1. The second kappa shape index (κ2) is 10.3. The fourth-order valence-electron chi connectivity index (χ4n) is 4.22. The van der Waals surface area contributed by atoms with E-state index in [0.29, 0.717) is 38.5 Å². The SMILES string of the molecule is CCOC(=O)C1=C(C)N=c2sc(=Cc3ccc(OC)c(C)c3)c(=O)n2C1c1ccccc1OCC. The van der Waals surface area contributed by atoms with Gasteiger partial charge in [0, 0.05) is 5.56 Å². The average Bonchev–Trinajstić information content (AvgIpc) is 3.13. The molecule has 0 amide bonds. The van der Waals surface area contributed by atoms with Gasteiger partial charge in [-0.2, -0.15) is 0 Å². The van der Waals surface area contributed by atoms with Crippen LogP contribution < -0.4 is 24.4 Å². The average molecular weight is 493 g/mol. The van der Waals surface area contributed by atoms with Gasteiger partial charge in [-0.3, -0.25) is 9.36 Å². The summed E-state index contributed by atoms with van der Waals surface area (Å²) in [6.45, 7) is 8.04. The van der Waals surface area contributed by atoms with E-state index in [2.05, 4.69) is 4.99 Å². The topological polar surface area (TPSA) is 79.1 Å². The fourth-order valence-corrected chi connectivity index (χ4v) is 5.27. The Bertz CT molecular complexity index is 1480. The first-order valence-electron chi connectivity index (χ1n) is 11.5. The van der Waals surface area contributed by atoms with Crippen LogP contribution in [0.25, 0.3) is 6.08 Å². The van der Waals surface area contributed by atoms with E-state index in [9.17, 15) is 9.59 Å². The van der Waals surface area contributed by atoms with Crippen molar-refractivity contribution in [3.8, 4) is 11.5 Å². The van der Waals surface area contributed by atoms with Crippen molar-refractivity contribution in [2.75, 3.05) is 20.3 Å². The maximum absolute atomic E-state index is 13.8. The zero-order valence-corrected chi connectivity index (χ0v) is 21.3. The zero-order chi connectivity index (χ0) is 25.1. The van der Waals surface area contributed by atoms with Crippen LogP contribution in [0.5, 0.6) is 11.5 Å². The van der Waals surface area contributed by atoms with Crippen LogP contribution in [0.15, 0.2) is 63.5 Å². The van der Waals surface area contributed by atoms with E-state index in [1.54, 1.807) is 25.5 Å². The smallest absolute Gasteiger partial charge is 0.338 e. The van der Waals surface area contributed by atoms with Crippen LogP contribution in [0, 0.1) is 6.92 Å². The van der Waals surface area contributed by atoms with E-state index in [1.165, 1.54) is 11.3 Å². The molecule has 1 atom stereocenters. The minimum Gasteiger partial charge on any atom is -0.496 e. The summed E-state index contributed by atoms with van der Waals surface area (Å²) < 4.78 is 18.7. The van der Waals surface area contributed by atoms with Crippen molar-refractivity contribution in [1.82, 2.24) is 4.57 Å². The van der Waals surface area contributed by atoms with Crippen molar-refractivity contribution in [2.45, 2.75) is 33.7 Å². The van der Waals surface area contributed by atoms with Crippen molar-refractivity contribution in [2.24, 2.45) is 4.99 Å². The van der Waals surface area contributed by atoms with Gasteiger partial charge in [-0.1, -0.05) is 35.6 Å². The summed E-state index contributed by atoms with van der Waals surface area (Å²) in [6.07, 6.45) is 1.84. The number of carbonyl (C=O) groups is 1. The highest BCUT2D eigenvalue weighted by molar-refractivity contribution is 7.07. The molecule has 4 rings (SSSR count). The molecule has 35 heavy (non-hydrogen) atoms. The van der Waals surface area contributed by atoms with Crippen LogP contribution in [0.3, 0.4) is 0 Å². The lowest BCUT2D eigenvalue weighted by Gasteiger charge is -2.26. The van der Waals surface area contributed by atoms with Crippen molar-refractivity contribution >= 4 is 23.4 Å². The Balaban J connectivity index is 1.96. The predicted molar refractivity (Wildman–Crippen MR) is 136 cm³/mol. The molecule has 1 unspecified atom stereocenters. The van der Waals surface area contributed by atoms with Crippen molar-refractivity contribution < 1.29 is 19.0 Å². The quantitative estimate of drug-likeness (QED) is 0.472. The Labute approximate surface area is 207 Å². The molecule has 0 radical (unpaired) electrons. The molecular formula is C27H28N2O5S. The van der Waals surface area contributed by atoms with E-state index in [1.807, 2.05) is 62.4 Å². The van der Waals surface area contributed by atoms with E-state index in [-0.39, 0.29) is 12.2 Å². The number of rotatable bonds is 7. The first-order chi connectivity index (χ1) is 16.9. The van der Waals surface area contributed by atoms with Gasteiger partial charge in [-0.25, -0.2) is 9.79 Å². The number of aryl methyl sites for hydroxylation is 1. The Morgan fingerprint density at radius 2 is 1.89 bits per heavy atom. The number of benzene rings is 2. The minimum absolute atomic E-state index is 0.219. The molecule has 0 spiro atoms. The highest BCUT2D eigenvalue weighted by atomic mass is 32.1. The Morgan fingerprint density at radius 3 is 2.57 bits per heavy atom. The van der Waals surface area contributed by atoms with Crippen molar-refractivity contribution in [1.29, 1.82) is 0 Å². The maximum atomic E-state index is 13.8. The summed E-state index contributed by atoms with van der Waals surface area (Å²) in [4.78, 5) is 32.0. The fraction of sp³-hybridized carbons (Fsp3) is 0.296. The number of hydrogen-bond donors (Lipinski definition) is 0. The lowest BCUT2D eigenvalue weighted by atomic mass is 9.95. The second-order valence-electron chi connectivity index (χ2n) is 8.00. The number of thiazole rings is 1. The van der Waals surface area contributed by atoms with Gasteiger partial charge in [0.1, 0.15) is 17.5 Å². The van der Waals surface area contributed by atoms with Gasteiger partial charge in [-0.05, 0) is 63.1 Å². The highest BCUT2D eigenvalue weighted by Gasteiger charge is 2.35. The van der Waals surface area contributed by atoms with E-state index in [0.717, 1.165) is 16.9 Å². The van der Waals surface area contributed by atoms with Gasteiger partial charge in [0.05, 0.1) is 36.1 Å². The van der Waals surface area contributed by atoms with Crippen molar-refractivity contribution in [3.05, 3.63) is 90.1 Å². The summed E-state index contributed by atoms with van der Waals surface area (Å²) >= 11 is 1.29. The molecule has 0 saturated carbocycles. The van der Waals surface area contributed by atoms with E-state index < -0.39 is 12.0 Å². The van der Waals surface area contributed by atoms with Gasteiger partial charge in [0.25, 0.3) is 5.56 Å². The molecule has 0 aliphatic carbocycles. The molecule has 2 aromatic carbocycles. The number of methoxy groups -OCH3 is 1. The van der Waals surface area contributed by atoms with Crippen LogP contribution in [0.4, 0.5) is 0 Å². The van der Waals surface area contributed by atoms with Crippen LogP contribution in [-0.2, 0) is 9.53 Å². The third-order valence-electron chi connectivity index (χ3n) is 5.75. The van der Waals surface area contributed by atoms with Gasteiger partial charge in [0.15, 0.2) is 4.80 Å². The molecule has 0 fully saturated rings. The Hall–Kier alpha value is -3.65. The summed E-state index contributed by atoms with van der Waals surface area (Å²) in [6, 6.07) is 12.5. The molecule has 0 saturated heterocycles. The Kier molecular flexibility index (Phi) is 7.21. The predicted octanol–water partition coefficient (Wildman–Crippen LogP) is 3.51. The molecule has 0 N–H and O–H groups in total. The van der Waals surface area contributed by atoms with Crippen LogP contribution in [0.1, 0.15) is 43.5 Å².